The van der Waals surface area contributed by atoms with Gasteiger partial charge in [-0.3, -0.25) is 9.59 Å². The topological polar surface area (TPSA) is 133 Å². The molecular weight excluding hydrogens is 424 g/mol. The smallest absolute Gasteiger partial charge is 0.265 e. The third-order valence-corrected chi connectivity index (χ3v) is 7.46. The number of nitrogens with one attached hydrogen (secondary N) is 1. The lowest BCUT2D eigenvalue weighted by Crippen LogP contribution is -2.42. The highest BCUT2D eigenvalue weighted by Crippen LogP contribution is 2.32. The molecule has 0 saturated carbocycles. The summed E-state index contributed by atoms with van der Waals surface area (Å²) < 4.78 is 39.1. The van der Waals surface area contributed by atoms with Crippen LogP contribution in [0.25, 0.3) is 0 Å². The van der Waals surface area contributed by atoms with Crippen LogP contribution in [0.1, 0.15) is 28.9 Å². The summed E-state index contributed by atoms with van der Waals surface area (Å²) >= 11 is 0. The maximum absolute atomic E-state index is 12.9. The van der Waals surface area contributed by atoms with E-state index in [2.05, 4.69) is 5.32 Å². The fourth-order valence-corrected chi connectivity index (χ4v) is 5.35. The van der Waals surface area contributed by atoms with Gasteiger partial charge in [-0.1, -0.05) is 6.07 Å². The Bertz CT molecular complexity index is 1120. The number of amides is 2. The van der Waals surface area contributed by atoms with Crippen LogP contribution in [0, 0.1) is 5.92 Å². The van der Waals surface area contributed by atoms with Crippen LogP contribution in [0.3, 0.4) is 0 Å². The molecule has 4 rings (SSSR count). The van der Waals surface area contributed by atoms with Crippen molar-refractivity contribution in [3.8, 4) is 11.5 Å². The van der Waals surface area contributed by atoms with Crippen molar-refractivity contribution in [2.45, 2.75) is 24.3 Å². The van der Waals surface area contributed by atoms with Gasteiger partial charge in [0.15, 0.2) is 11.5 Å². The van der Waals surface area contributed by atoms with E-state index in [9.17, 15) is 18.0 Å². The molecule has 1 aromatic carbocycles. The first-order valence-corrected chi connectivity index (χ1v) is 11.3. The molecule has 2 aliphatic heterocycles. The van der Waals surface area contributed by atoms with Crippen molar-refractivity contribution in [2.24, 2.45) is 18.7 Å². The number of primary amides is 1. The van der Waals surface area contributed by atoms with Gasteiger partial charge in [0.1, 0.15) is 10.6 Å². The predicted molar refractivity (Wildman–Crippen MR) is 110 cm³/mol. The predicted octanol–water partition coefficient (Wildman–Crippen LogP) is 0.570. The highest BCUT2D eigenvalue weighted by molar-refractivity contribution is 7.89. The average Bonchev–Trinajstić information content (AvgIpc) is 3.38. The minimum absolute atomic E-state index is 0.0227. The van der Waals surface area contributed by atoms with E-state index in [0.29, 0.717) is 30.9 Å². The largest absolute Gasteiger partial charge is 0.454 e. The van der Waals surface area contributed by atoms with Gasteiger partial charge >= 0.3 is 0 Å². The van der Waals surface area contributed by atoms with Crippen molar-refractivity contribution in [1.29, 1.82) is 0 Å². The summed E-state index contributed by atoms with van der Waals surface area (Å²) in [6.45, 7) is 1.00. The van der Waals surface area contributed by atoms with E-state index in [4.69, 9.17) is 15.2 Å². The second kappa shape index (κ2) is 8.23. The molecular formula is C20H24N4O6S. The lowest BCUT2D eigenvalue weighted by Gasteiger charge is -2.30. The van der Waals surface area contributed by atoms with Crippen molar-refractivity contribution >= 4 is 21.8 Å². The Hall–Kier alpha value is -3.05. The van der Waals surface area contributed by atoms with E-state index in [1.165, 1.54) is 21.1 Å². The highest BCUT2D eigenvalue weighted by Gasteiger charge is 2.33. The molecule has 10 nitrogen and oxygen atoms in total. The molecule has 1 aromatic heterocycles. The standard InChI is InChI=1S/C20H24N4O6S/c1-23-11-15(9-16(23)19(21)25)31(27,28)24-6-4-14(5-7-24)20(26)22-10-13-2-3-17-18(8-13)30-12-29-17/h2-3,8-9,11,14H,4-7,10,12H2,1H3,(H2,21,25)(H,22,26). The van der Waals surface area contributed by atoms with Gasteiger partial charge in [-0.25, -0.2) is 8.42 Å². The molecule has 0 aliphatic carbocycles. The molecule has 31 heavy (non-hydrogen) atoms. The van der Waals surface area contributed by atoms with Crippen molar-refractivity contribution in [1.82, 2.24) is 14.2 Å². The molecule has 2 amide bonds. The maximum Gasteiger partial charge on any atom is 0.265 e. The molecule has 1 saturated heterocycles. The first kappa shape index (κ1) is 21.2. The first-order valence-electron chi connectivity index (χ1n) is 9.88. The molecule has 166 valence electrons. The lowest BCUT2D eigenvalue weighted by molar-refractivity contribution is -0.126. The molecule has 2 aromatic rings. The molecule has 0 spiro atoms. The van der Waals surface area contributed by atoms with Crippen LogP contribution in [-0.4, -0.2) is 49.0 Å². The van der Waals surface area contributed by atoms with Gasteiger partial charge in [0, 0.05) is 38.8 Å². The molecule has 1 fully saturated rings. The quantitative estimate of drug-likeness (QED) is 0.664. The van der Waals surface area contributed by atoms with Crippen LogP contribution in [0.4, 0.5) is 0 Å². The van der Waals surface area contributed by atoms with Crippen LogP contribution in [0.2, 0.25) is 0 Å². The van der Waals surface area contributed by atoms with Gasteiger partial charge in [0.05, 0.1) is 0 Å². The van der Waals surface area contributed by atoms with Crippen molar-refractivity contribution < 1.29 is 27.5 Å². The Labute approximate surface area is 180 Å². The zero-order chi connectivity index (χ0) is 22.2. The van der Waals surface area contributed by atoms with E-state index < -0.39 is 15.9 Å². The number of aromatic nitrogens is 1. The fourth-order valence-electron chi connectivity index (χ4n) is 3.81. The number of benzene rings is 1. The molecule has 0 bridgehead atoms. The zero-order valence-corrected chi connectivity index (χ0v) is 17.9. The van der Waals surface area contributed by atoms with E-state index in [0.717, 1.165) is 5.56 Å². The molecule has 11 heteroatoms. The number of rotatable bonds is 6. The second-order valence-corrected chi connectivity index (χ2v) is 9.56. The van der Waals surface area contributed by atoms with Gasteiger partial charge in [0.2, 0.25) is 22.7 Å². The third-order valence-electron chi connectivity index (χ3n) is 5.60. The van der Waals surface area contributed by atoms with Crippen LogP contribution in [-0.2, 0) is 28.4 Å². The Morgan fingerprint density at radius 3 is 2.55 bits per heavy atom. The van der Waals surface area contributed by atoms with Crippen LogP contribution < -0.4 is 20.5 Å². The second-order valence-electron chi connectivity index (χ2n) is 7.62. The summed E-state index contributed by atoms with van der Waals surface area (Å²) in [7, 11) is -2.19. The first-order chi connectivity index (χ1) is 14.8. The molecule has 2 aliphatic rings. The zero-order valence-electron chi connectivity index (χ0n) is 17.0. The van der Waals surface area contributed by atoms with Gasteiger partial charge in [-0.2, -0.15) is 4.31 Å². The van der Waals surface area contributed by atoms with Gasteiger partial charge in [-0.15, -0.1) is 0 Å². The summed E-state index contributed by atoms with van der Waals surface area (Å²) in [5, 5.41) is 2.91. The molecule has 0 unspecified atom stereocenters. The number of hydrogen-bond acceptors (Lipinski definition) is 6. The highest BCUT2D eigenvalue weighted by atomic mass is 32.2. The maximum atomic E-state index is 12.9. The summed E-state index contributed by atoms with van der Waals surface area (Å²) in [6.07, 6.45) is 2.21. The van der Waals surface area contributed by atoms with Gasteiger partial charge in [0.25, 0.3) is 5.91 Å². The van der Waals surface area contributed by atoms with Crippen LogP contribution >= 0.6 is 0 Å². The number of sulfonamides is 1. The number of nitrogens with zero attached hydrogens (tertiary/aromatic N) is 2. The fraction of sp³-hybridized carbons (Fsp3) is 0.400. The van der Waals surface area contributed by atoms with Gasteiger partial charge in [-0.05, 0) is 36.6 Å². The Morgan fingerprint density at radius 1 is 1.16 bits per heavy atom. The number of aryl methyl sites for hydroxylation is 1. The number of nitrogens with two attached hydrogens (primary N) is 1. The SMILES string of the molecule is Cn1cc(S(=O)(=O)N2CCC(C(=O)NCc3ccc4c(c3)OCO4)CC2)cc1C(N)=O. The summed E-state index contributed by atoms with van der Waals surface area (Å²) in [5.74, 6) is 0.278. The summed E-state index contributed by atoms with van der Waals surface area (Å²) in [5.41, 5.74) is 6.29. The Kier molecular flexibility index (Phi) is 5.63. The number of carbonyl (C=O) groups excluding carboxylic acids is 2. The molecule has 3 N–H and O–H groups in total. The van der Waals surface area contributed by atoms with Crippen molar-refractivity contribution in [2.75, 3.05) is 19.9 Å². The van der Waals surface area contributed by atoms with E-state index >= 15 is 0 Å². The van der Waals surface area contributed by atoms with E-state index in [-0.39, 0.29) is 42.3 Å². The summed E-state index contributed by atoms with van der Waals surface area (Å²) in [4.78, 5) is 24.0. The molecule has 3 heterocycles. The number of piperidine rings is 1. The van der Waals surface area contributed by atoms with E-state index in [1.54, 1.807) is 13.1 Å². The van der Waals surface area contributed by atoms with Crippen LogP contribution in [0.5, 0.6) is 11.5 Å². The minimum atomic E-state index is -3.76. The number of ether oxygens (including phenoxy) is 2. The molecule has 0 atom stereocenters. The van der Waals surface area contributed by atoms with Crippen LogP contribution in [0.15, 0.2) is 35.4 Å². The van der Waals surface area contributed by atoms with Gasteiger partial charge < -0.3 is 25.1 Å². The van der Waals surface area contributed by atoms with Crippen molar-refractivity contribution in [3.63, 3.8) is 0 Å². The van der Waals surface area contributed by atoms with Crippen molar-refractivity contribution in [3.05, 3.63) is 41.7 Å². The lowest BCUT2D eigenvalue weighted by atomic mass is 9.97. The Balaban J connectivity index is 1.33. The Morgan fingerprint density at radius 2 is 1.87 bits per heavy atom. The molecule has 0 radical (unpaired) electrons. The average molecular weight is 449 g/mol. The summed E-state index contributed by atoms with van der Waals surface area (Å²) in [6, 6.07) is 6.78. The number of fused-ring (bicyclic) bond motifs is 1. The number of carbonyl (C=O) groups is 2. The number of hydrogen-bond donors (Lipinski definition) is 2. The van der Waals surface area contributed by atoms with E-state index in [1.807, 2.05) is 12.1 Å². The monoisotopic (exact) mass is 448 g/mol. The normalized spacial score (nSPS) is 16.9. The minimum Gasteiger partial charge on any atom is -0.454 e. The third kappa shape index (κ3) is 4.23.